The number of oxime groups is 4. The first-order valence-electron chi connectivity index (χ1n) is 6.26. The van der Waals surface area contributed by atoms with Gasteiger partial charge < -0.3 is 20.8 Å². The Morgan fingerprint density at radius 3 is 0.810 bits per heavy atom. The predicted octanol–water partition coefficient (Wildman–Crippen LogP) is 2.19. The van der Waals surface area contributed by atoms with Gasteiger partial charge in [-0.2, -0.15) is 0 Å². The smallest absolute Gasteiger partial charge is 0.0509 e. The molecule has 0 rings (SSSR count). The Morgan fingerprint density at radius 2 is 0.810 bits per heavy atom. The molecule has 0 aliphatic rings. The van der Waals surface area contributed by atoms with Gasteiger partial charge in [-0.1, -0.05) is 20.6 Å². The summed E-state index contributed by atoms with van der Waals surface area (Å²) in [5, 5.41) is 42.5. The van der Waals surface area contributed by atoms with Gasteiger partial charge in [0.2, 0.25) is 0 Å². The third-order valence-corrected chi connectivity index (χ3v) is 2.31. The zero-order valence-corrected chi connectivity index (χ0v) is 16.3. The molecule has 0 spiro atoms. The van der Waals surface area contributed by atoms with Gasteiger partial charge in [0, 0.05) is 10.2 Å². The molecular formula is C12H30N4O4Si. The van der Waals surface area contributed by atoms with E-state index in [4.69, 9.17) is 20.8 Å². The molecule has 0 bridgehead atoms. The summed E-state index contributed by atoms with van der Waals surface area (Å²) in [7, 11) is 1.09. The lowest BCUT2D eigenvalue weighted by Gasteiger charge is -1.81. The van der Waals surface area contributed by atoms with Crippen LogP contribution in [0.2, 0.25) is 6.04 Å². The summed E-state index contributed by atoms with van der Waals surface area (Å²) >= 11 is 0. The number of hydrogen-bond donors (Lipinski definition) is 4. The fourth-order valence-electron chi connectivity index (χ4n) is 0.0707. The van der Waals surface area contributed by atoms with Gasteiger partial charge in [0.1, 0.15) is 0 Å². The number of hydrogen-bond acceptors (Lipinski definition) is 8. The Labute approximate surface area is 130 Å². The number of nitrogens with zero attached hydrogens (tertiary/aromatic N) is 4. The van der Waals surface area contributed by atoms with Gasteiger partial charge in [-0.25, -0.2) is 0 Å². The van der Waals surface area contributed by atoms with Crippen LogP contribution in [0, 0.1) is 0 Å². The van der Waals surface area contributed by atoms with Crippen LogP contribution >= 0.6 is 0 Å². The molecule has 0 saturated carbocycles. The molecule has 0 unspecified atom stereocenters. The van der Waals surface area contributed by atoms with E-state index in [2.05, 4.69) is 20.6 Å². The lowest BCUT2D eigenvalue weighted by molar-refractivity contribution is 0.318. The van der Waals surface area contributed by atoms with Crippen LogP contribution in [-0.4, -0.2) is 53.9 Å². The van der Waals surface area contributed by atoms with Crippen LogP contribution in [0.4, 0.5) is 0 Å². The molecule has 0 saturated heterocycles. The van der Waals surface area contributed by atoms with Crippen molar-refractivity contribution < 1.29 is 20.8 Å². The molecular weight excluding hydrogens is 292 g/mol. The highest BCUT2D eigenvalue weighted by Gasteiger charge is 1.78. The van der Waals surface area contributed by atoms with E-state index in [9.17, 15) is 0 Å². The molecule has 4 N–H and O–H groups in total. The highest BCUT2D eigenvalue weighted by atomic mass is 28.1. The summed E-state index contributed by atoms with van der Waals surface area (Å²) in [5.41, 5.74) is 2.89. The molecule has 21 heavy (non-hydrogen) atoms. The molecule has 9 heteroatoms. The number of rotatable bonds is 1. The van der Waals surface area contributed by atoms with Crippen molar-refractivity contribution in [1.82, 2.24) is 0 Å². The van der Waals surface area contributed by atoms with Gasteiger partial charge in [-0.15, -0.1) is 0 Å². The first-order valence-corrected chi connectivity index (χ1v) is 7.67. The zero-order chi connectivity index (χ0) is 17.8. The molecule has 0 amide bonds. The Kier molecular flexibility index (Phi) is 30.3. The van der Waals surface area contributed by atoms with Crippen LogP contribution in [-0.2, 0) is 0 Å². The average Bonchev–Trinajstić information content (AvgIpc) is 2.47. The Hall–Kier alpha value is -1.90. The SMILES string of the molecule is CC(C)=NO.CC(C)=NO.CC(C)=NO.CC(C[SiH3])=NO. The second-order valence-electron chi connectivity index (χ2n) is 4.33. The minimum absolute atomic E-state index is 0.685. The maximum absolute atomic E-state index is 7.94. The molecule has 0 aromatic carbocycles. The standard InChI is InChI=1S/C3H9NOSi.3C3H7NO/c1-3(2-6)4-5;3*1-3(2)4-5/h5H,2H2,1,6H3;3*5H,1-2H3. The molecule has 0 aromatic rings. The predicted molar refractivity (Wildman–Crippen MR) is 91.4 cm³/mol. The van der Waals surface area contributed by atoms with E-state index >= 15 is 0 Å². The Balaban J connectivity index is -0.0000000921. The second kappa shape index (κ2) is 23.2. The van der Waals surface area contributed by atoms with E-state index in [0.717, 1.165) is 22.0 Å². The van der Waals surface area contributed by atoms with Crippen molar-refractivity contribution in [3.63, 3.8) is 0 Å². The summed E-state index contributed by atoms with van der Waals surface area (Å²) in [4.78, 5) is 0. The summed E-state index contributed by atoms with van der Waals surface area (Å²) < 4.78 is 0. The van der Waals surface area contributed by atoms with Crippen molar-refractivity contribution in [2.45, 2.75) is 54.5 Å². The average molecular weight is 322 g/mol. The molecule has 0 heterocycles. The molecule has 0 fully saturated rings. The van der Waals surface area contributed by atoms with Crippen molar-refractivity contribution in [3.05, 3.63) is 0 Å². The lowest BCUT2D eigenvalue weighted by atomic mass is 10.5. The Bertz CT molecular complexity index is 292. The fourth-order valence-corrected chi connectivity index (χ4v) is 0.212. The molecule has 0 radical (unpaired) electrons. The third kappa shape index (κ3) is 71.5. The van der Waals surface area contributed by atoms with Gasteiger partial charge in [0.05, 0.1) is 22.8 Å². The quantitative estimate of drug-likeness (QED) is 0.255. The highest BCUT2D eigenvalue weighted by molar-refractivity contribution is 6.20. The lowest BCUT2D eigenvalue weighted by Crippen LogP contribution is -1.85. The topological polar surface area (TPSA) is 130 Å². The summed E-state index contributed by atoms with van der Waals surface area (Å²) in [6.45, 7) is 12.1. The zero-order valence-electron chi connectivity index (χ0n) is 14.3. The maximum atomic E-state index is 7.94. The summed E-state index contributed by atoms with van der Waals surface area (Å²) in [6, 6.07) is 0.969. The minimum atomic E-state index is 0.685. The van der Waals surface area contributed by atoms with E-state index in [1.54, 1.807) is 41.5 Å². The molecule has 0 atom stereocenters. The maximum Gasteiger partial charge on any atom is 0.0509 e. The Morgan fingerprint density at radius 1 is 0.619 bits per heavy atom. The summed E-state index contributed by atoms with van der Waals surface area (Å²) in [5.74, 6) is 0. The third-order valence-electron chi connectivity index (χ3n) is 1.28. The normalized spacial score (nSPS) is 8.43. The fraction of sp³-hybridized carbons (Fsp3) is 0.667. The van der Waals surface area contributed by atoms with Crippen LogP contribution in [0.3, 0.4) is 0 Å². The molecule has 8 nitrogen and oxygen atoms in total. The first kappa shape index (κ1) is 27.4. The largest absolute Gasteiger partial charge is 0.411 e. The van der Waals surface area contributed by atoms with Gasteiger partial charge in [0.15, 0.2) is 0 Å². The van der Waals surface area contributed by atoms with Crippen LogP contribution in [0.15, 0.2) is 20.6 Å². The monoisotopic (exact) mass is 322 g/mol. The van der Waals surface area contributed by atoms with Crippen LogP contribution in [0.1, 0.15) is 48.5 Å². The van der Waals surface area contributed by atoms with E-state index in [0.29, 0.717) is 17.1 Å². The van der Waals surface area contributed by atoms with E-state index in [1.165, 1.54) is 0 Å². The minimum Gasteiger partial charge on any atom is -0.411 e. The van der Waals surface area contributed by atoms with Crippen LogP contribution in [0.5, 0.6) is 0 Å². The molecule has 126 valence electrons. The van der Waals surface area contributed by atoms with Gasteiger partial charge in [-0.05, 0) is 54.5 Å². The van der Waals surface area contributed by atoms with Gasteiger partial charge in [-0.3, -0.25) is 0 Å². The van der Waals surface area contributed by atoms with Crippen LogP contribution < -0.4 is 0 Å². The summed E-state index contributed by atoms with van der Waals surface area (Å²) in [6.07, 6.45) is 0. The van der Waals surface area contributed by atoms with E-state index < -0.39 is 0 Å². The van der Waals surface area contributed by atoms with Crippen molar-refractivity contribution in [1.29, 1.82) is 0 Å². The van der Waals surface area contributed by atoms with Gasteiger partial charge in [0.25, 0.3) is 0 Å². The first-order chi connectivity index (χ1) is 9.62. The van der Waals surface area contributed by atoms with Gasteiger partial charge >= 0.3 is 0 Å². The second-order valence-corrected chi connectivity index (χ2v) is 5.04. The van der Waals surface area contributed by atoms with Crippen molar-refractivity contribution >= 4 is 33.1 Å². The van der Waals surface area contributed by atoms with E-state index in [-0.39, 0.29) is 0 Å². The van der Waals surface area contributed by atoms with Crippen molar-refractivity contribution in [2.75, 3.05) is 0 Å². The van der Waals surface area contributed by atoms with E-state index in [1.807, 2.05) is 6.92 Å². The van der Waals surface area contributed by atoms with Crippen molar-refractivity contribution in [2.24, 2.45) is 20.6 Å². The molecule has 0 aliphatic heterocycles. The van der Waals surface area contributed by atoms with Crippen LogP contribution in [0.25, 0.3) is 0 Å². The molecule has 0 aromatic heterocycles. The highest BCUT2D eigenvalue weighted by Crippen LogP contribution is 1.75. The van der Waals surface area contributed by atoms with Crippen molar-refractivity contribution in [3.8, 4) is 0 Å². The molecule has 0 aliphatic carbocycles.